The summed E-state index contributed by atoms with van der Waals surface area (Å²) in [6, 6.07) is 14.7. The van der Waals surface area contributed by atoms with Crippen LogP contribution >= 0.6 is 0 Å². The van der Waals surface area contributed by atoms with Crippen LogP contribution in [-0.2, 0) is 33.6 Å². The first kappa shape index (κ1) is 29.1. The number of nitrogens with one attached hydrogen (secondary N) is 1. The van der Waals surface area contributed by atoms with E-state index in [1.807, 2.05) is 38.1 Å². The lowest BCUT2D eigenvalue weighted by atomic mass is 9.58. The zero-order chi connectivity index (χ0) is 30.5. The Morgan fingerprint density at radius 1 is 0.955 bits per heavy atom. The van der Waals surface area contributed by atoms with Gasteiger partial charge in [-0.15, -0.1) is 0 Å². The first-order valence-electron chi connectivity index (χ1n) is 15.4. The Morgan fingerprint density at radius 3 is 2.59 bits per heavy atom. The number of nitrogens with zero attached hydrogens (tertiary/aromatic N) is 2. The molecule has 2 aromatic carbocycles. The minimum Gasteiger partial charge on any atom is -0.435 e. The van der Waals surface area contributed by atoms with Crippen molar-refractivity contribution in [1.82, 2.24) is 9.97 Å². The van der Waals surface area contributed by atoms with Gasteiger partial charge in [-0.3, -0.25) is 9.59 Å². The third-order valence-electron chi connectivity index (χ3n) is 9.77. The normalized spacial score (nSPS) is 34.1. The number of para-hydroxylation sites is 1. The number of ether oxygens (including phenoxy) is 4. The van der Waals surface area contributed by atoms with Crippen molar-refractivity contribution >= 4 is 34.3 Å². The Morgan fingerprint density at radius 2 is 1.75 bits per heavy atom. The number of fused-ring (bicyclic) bond motifs is 3. The van der Waals surface area contributed by atoms with Gasteiger partial charge in [0.2, 0.25) is 12.1 Å². The average Bonchev–Trinajstić information content (AvgIpc) is 3.25. The molecular formula is C33H37N3O8. The summed E-state index contributed by atoms with van der Waals surface area (Å²) in [6.45, 7) is 6.12. The first-order chi connectivity index (χ1) is 21.2. The standard InChI is InChI=1S/C33H37N3O8/c1-19-8-13-25-20(2)30(41-31-33(25)24(19)16-17-32(3,42-31)43-44-33)40-28(38)15-14-27(37)39-22-11-9-21(10-12-22)36-29-23-6-4-5-7-26(23)34-18-35-29/h4-7,9-12,18-20,24-25,30-31H,8,13-17H2,1-3H3,(H,34,35,36)/t19-,20-,24+,25+,30-,31-,32+,33-/m1/s1. The average molecular weight is 604 g/mol. The van der Waals surface area contributed by atoms with E-state index in [1.165, 1.54) is 6.33 Å². The fourth-order valence-electron chi connectivity index (χ4n) is 7.43. The van der Waals surface area contributed by atoms with E-state index >= 15 is 0 Å². The molecule has 3 aromatic rings. The fourth-order valence-corrected chi connectivity index (χ4v) is 7.43. The topological polar surface area (TPSA) is 127 Å². The van der Waals surface area contributed by atoms with Crippen LogP contribution in [0.25, 0.3) is 10.9 Å². The Bertz CT molecular complexity index is 1550. The molecule has 1 aliphatic carbocycles. The summed E-state index contributed by atoms with van der Waals surface area (Å²) < 4.78 is 23.9. The molecule has 0 radical (unpaired) electrons. The molecule has 5 heterocycles. The predicted octanol–water partition coefficient (Wildman–Crippen LogP) is 5.81. The van der Waals surface area contributed by atoms with Gasteiger partial charge in [0, 0.05) is 29.3 Å². The molecule has 2 bridgehead atoms. The zero-order valence-corrected chi connectivity index (χ0v) is 25.1. The number of benzene rings is 2. The highest BCUT2D eigenvalue weighted by molar-refractivity contribution is 5.90. The fraction of sp³-hybridized carbons (Fsp3) is 0.515. The highest BCUT2D eigenvalue weighted by atomic mass is 17.3. The Kier molecular flexibility index (Phi) is 7.52. The molecule has 11 nitrogen and oxygen atoms in total. The van der Waals surface area contributed by atoms with Crippen molar-refractivity contribution in [3.63, 3.8) is 0 Å². The van der Waals surface area contributed by atoms with Gasteiger partial charge in [-0.2, -0.15) is 0 Å². The summed E-state index contributed by atoms with van der Waals surface area (Å²) in [5.74, 6) is -0.366. The third-order valence-corrected chi connectivity index (χ3v) is 9.77. The Labute approximate surface area is 255 Å². The van der Waals surface area contributed by atoms with Gasteiger partial charge in [-0.1, -0.05) is 26.0 Å². The molecule has 0 unspecified atom stereocenters. The molecule has 1 N–H and O–H groups in total. The number of hydrogen-bond acceptors (Lipinski definition) is 11. The lowest BCUT2D eigenvalue weighted by molar-refractivity contribution is -0.576. The van der Waals surface area contributed by atoms with Crippen molar-refractivity contribution < 1.29 is 38.3 Å². The van der Waals surface area contributed by atoms with Gasteiger partial charge >= 0.3 is 11.9 Å². The highest BCUT2D eigenvalue weighted by Crippen LogP contribution is 2.60. The lowest BCUT2D eigenvalue weighted by Gasteiger charge is -2.59. The van der Waals surface area contributed by atoms with Gasteiger partial charge in [-0.25, -0.2) is 19.7 Å². The Balaban J connectivity index is 0.934. The minimum absolute atomic E-state index is 0.0402. The van der Waals surface area contributed by atoms with Crippen LogP contribution in [0.2, 0.25) is 0 Å². The molecular weight excluding hydrogens is 566 g/mol. The molecule has 5 aliphatic rings. The molecule has 1 saturated carbocycles. The highest BCUT2D eigenvalue weighted by Gasteiger charge is 2.69. The van der Waals surface area contributed by atoms with E-state index in [9.17, 15) is 9.59 Å². The van der Waals surface area contributed by atoms with Crippen LogP contribution in [0, 0.1) is 23.7 Å². The first-order valence-corrected chi connectivity index (χ1v) is 15.4. The molecule has 8 atom stereocenters. The van der Waals surface area contributed by atoms with Crippen LogP contribution in [-0.4, -0.2) is 45.9 Å². The third kappa shape index (κ3) is 5.21. The largest absolute Gasteiger partial charge is 0.435 e. The van der Waals surface area contributed by atoms with E-state index in [4.69, 9.17) is 28.7 Å². The van der Waals surface area contributed by atoms with Gasteiger partial charge in [0.15, 0.2) is 11.9 Å². The minimum atomic E-state index is -0.908. The van der Waals surface area contributed by atoms with Crippen LogP contribution in [0.3, 0.4) is 0 Å². The number of aromatic nitrogens is 2. The molecule has 5 fully saturated rings. The predicted molar refractivity (Wildman–Crippen MR) is 157 cm³/mol. The number of carbonyl (C=O) groups excluding carboxylic acids is 2. The van der Waals surface area contributed by atoms with Crippen molar-refractivity contribution in [2.45, 2.75) is 83.3 Å². The summed E-state index contributed by atoms with van der Waals surface area (Å²) >= 11 is 0. The van der Waals surface area contributed by atoms with Crippen molar-refractivity contribution in [1.29, 1.82) is 0 Å². The summed E-state index contributed by atoms with van der Waals surface area (Å²) in [5, 5.41) is 4.16. The molecule has 8 rings (SSSR count). The summed E-state index contributed by atoms with van der Waals surface area (Å²) in [4.78, 5) is 46.0. The van der Waals surface area contributed by atoms with E-state index in [0.29, 0.717) is 23.9 Å². The molecule has 232 valence electrons. The van der Waals surface area contributed by atoms with Crippen LogP contribution in [0.4, 0.5) is 11.5 Å². The molecule has 11 heteroatoms. The van der Waals surface area contributed by atoms with Crippen molar-refractivity contribution in [3.05, 3.63) is 54.9 Å². The number of hydrogen-bond donors (Lipinski definition) is 1. The monoisotopic (exact) mass is 603 g/mol. The number of carbonyl (C=O) groups is 2. The number of esters is 2. The summed E-state index contributed by atoms with van der Waals surface area (Å²) in [6.07, 6.45) is 3.30. The van der Waals surface area contributed by atoms with Gasteiger partial charge in [0.1, 0.15) is 17.9 Å². The lowest BCUT2D eigenvalue weighted by Crippen LogP contribution is -2.70. The van der Waals surface area contributed by atoms with Crippen molar-refractivity contribution in [2.24, 2.45) is 23.7 Å². The van der Waals surface area contributed by atoms with Crippen LogP contribution in [0.1, 0.15) is 59.3 Å². The van der Waals surface area contributed by atoms with E-state index < -0.39 is 35.9 Å². The van der Waals surface area contributed by atoms with E-state index in [0.717, 1.165) is 35.9 Å². The molecule has 0 amide bonds. The Hall–Kier alpha value is -3.64. The molecule has 1 spiro atoms. The second-order valence-electron chi connectivity index (χ2n) is 12.6. The molecule has 4 saturated heterocycles. The van der Waals surface area contributed by atoms with Gasteiger partial charge in [0.05, 0.1) is 18.4 Å². The van der Waals surface area contributed by atoms with Gasteiger partial charge < -0.3 is 24.3 Å². The number of rotatable bonds is 7. The van der Waals surface area contributed by atoms with Crippen LogP contribution in [0.5, 0.6) is 5.75 Å². The maximum Gasteiger partial charge on any atom is 0.311 e. The summed E-state index contributed by atoms with van der Waals surface area (Å²) in [5.41, 5.74) is 0.881. The van der Waals surface area contributed by atoms with Crippen molar-refractivity contribution in [2.75, 3.05) is 5.32 Å². The van der Waals surface area contributed by atoms with Crippen LogP contribution in [0.15, 0.2) is 54.9 Å². The number of anilines is 2. The smallest absolute Gasteiger partial charge is 0.311 e. The molecule has 1 aromatic heterocycles. The second kappa shape index (κ2) is 11.4. The van der Waals surface area contributed by atoms with E-state index in [1.54, 1.807) is 24.3 Å². The second-order valence-corrected chi connectivity index (χ2v) is 12.6. The zero-order valence-electron chi connectivity index (χ0n) is 25.1. The molecule has 44 heavy (non-hydrogen) atoms. The SMILES string of the molecule is C[C@H]1[C@H](OC(=O)CCC(=O)Oc2ccc(Nc3ncnc4ccccc34)cc2)O[C@@H]2O[C@]3(C)CC[C@H]4[C@H](C)CC[C@@H]1[C@@]24OO3. The van der Waals surface area contributed by atoms with E-state index in [2.05, 4.69) is 22.2 Å². The maximum absolute atomic E-state index is 12.9. The van der Waals surface area contributed by atoms with Gasteiger partial charge in [0.25, 0.3) is 0 Å². The van der Waals surface area contributed by atoms with Gasteiger partial charge in [-0.05, 0) is 74.4 Å². The molecule has 4 aliphatic heterocycles. The van der Waals surface area contributed by atoms with Crippen molar-refractivity contribution in [3.8, 4) is 5.75 Å². The van der Waals surface area contributed by atoms with Crippen LogP contribution < -0.4 is 10.1 Å². The van der Waals surface area contributed by atoms with E-state index in [-0.39, 0.29) is 30.6 Å². The summed E-state index contributed by atoms with van der Waals surface area (Å²) in [7, 11) is 0. The maximum atomic E-state index is 12.9. The quantitative estimate of drug-likeness (QED) is 0.200.